The molecule has 1 rings (SSSR count). The fraction of sp³-hybridized carbons (Fsp3) is 0.500. The van der Waals surface area contributed by atoms with Crippen molar-refractivity contribution in [3.8, 4) is 0 Å². The molecule has 0 fully saturated rings. The van der Waals surface area contributed by atoms with Gasteiger partial charge in [-0.15, -0.1) is 0 Å². The van der Waals surface area contributed by atoms with E-state index in [-0.39, 0.29) is 11.9 Å². The van der Waals surface area contributed by atoms with E-state index in [0.717, 1.165) is 17.6 Å². The Hall–Kier alpha value is -0.870. The second-order valence-electron chi connectivity index (χ2n) is 4.22. The van der Waals surface area contributed by atoms with E-state index in [0.29, 0.717) is 6.54 Å². The fourth-order valence-corrected chi connectivity index (χ4v) is 2.06. The van der Waals surface area contributed by atoms with Crippen LogP contribution in [0.3, 0.4) is 0 Å². The first-order chi connectivity index (χ1) is 8.58. The zero-order chi connectivity index (χ0) is 13.5. The molecule has 1 amide bonds. The van der Waals surface area contributed by atoms with Crippen LogP contribution in [0, 0.1) is 0 Å². The van der Waals surface area contributed by atoms with Crippen LogP contribution in [0.1, 0.15) is 32.4 Å². The number of halogens is 1. The van der Waals surface area contributed by atoms with Gasteiger partial charge >= 0.3 is 0 Å². The predicted molar refractivity (Wildman–Crippen MR) is 78.5 cm³/mol. The van der Waals surface area contributed by atoms with Crippen molar-refractivity contribution in [2.75, 3.05) is 19.6 Å². The number of nitrogens with zero attached hydrogens (tertiary/aromatic N) is 1. The normalized spacial score (nSPS) is 12.2. The summed E-state index contributed by atoms with van der Waals surface area (Å²) >= 11 is 3.41. The standard InChI is InChI=1S/C14H21BrN2O/c1-4-17(5-2)14(18)10-16-11(3)12-6-8-13(15)9-7-12/h6-9,11,16H,4-5,10H2,1-3H3/t11-/m1/s1. The van der Waals surface area contributed by atoms with Gasteiger partial charge in [-0.2, -0.15) is 0 Å². The van der Waals surface area contributed by atoms with Crippen molar-refractivity contribution in [2.45, 2.75) is 26.8 Å². The summed E-state index contributed by atoms with van der Waals surface area (Å²) in [4.78, 5) is 13.7. The molecule has 4 heteroatoms. The molecule has 1 N–H and O–H groups in total. The first-order valence-corrected chi connectivity index (χ1v) is 7.14. The van der Waals surface area contributed by atoms with Crippen molar-refractivity contribution in [3.05, 3.63) is 34.3 Å². The minimum absolute atomic E-state index is 0.156. The predicted octanol–water partition coefficient (Wildman–Crippen LogP) is 2.97. The van der Waals surface area contributed by atoms with E-state index in [9.17, 15) is 4.79 Å². The highest BCUT2D eigenvalue weighted by Crippen LogP contribution is 2.16. The zero-order valence-electron chi connectivity index (χ0n) is 11.2. The van der Waals surface area contributed by atoms with E-state index in [1.807, 2.05) is 30.9 Å². The number of carbonyl (C=O) groups excluding carboxylic acids is 1. The topological polar surface area (TPSA) is 32.3 Å². The molecule has 1 atom stereocenters. The summed E-state index contributed by atoms with van der Waals surface area (Å²) in [6.45, 7) is 7.99. The van der Waals surface area contributed by atoms with Gasteiger partial charge in [-0.25, -0.2) is 0 Å². The Morgan fingerprint density at radius 2 is 1.83 bits per heavy atom. The maximum atomic E-state index is 11.9. The third-order valence-electron chi connectivity index (χ3n) is 3.05. The van der Waals surface area contributed by atoms with E-state index in [4.69, 9.17) is 0 Å². The number of benzene rings is 1. The molecule has 0 saturated carbocycles. The van der Waals surface area contributed by atoms with Crippen molar-refractivity contribution in [3.63, 3.8) is 0 Å². The molecule has 0 heterocycles. The summed E-state index contributed by atoms with van der Waals surface area (Å²) in [7, 11) is 0. The number of likely N-dealkylation sites (N-methyl/N-ethyl adjacent to an activating group) is 1. The average Bonchev–Trinajstić information content (AvgIpc) is 2.38. The molecule has 1 aromatic rings. The minimum Gasteiger partial charge on any atom is -0.342 e. The van der Waals surface area contributed by atoms with Crippen LogP contribution >= 0.6 is 15.9 Å². The van der Waals surface area contributed by atoms with Crippen LogP contribution in [0.5, 0.6) is 0 Å². The summed E-state index contributed by atoms with van der Waals surface area (Å²) in [5.41, 5.74) is 1.19. The van der Waals surface area contributed by atoms with E-state index in [1.165, 1.54) is 5.56 Å². The van der Waals surface area contributed by atoms with Crippen LogP contribution < -0.4 is 5.32 Å². The Bertz CT molecular complexity index is 374. The molecule has 0 aliphatic carbocycles. The molecule has 0 spiro atoms. The molecule has 100 valence electrons. The van der Waals surface area contributed by atoms with Crippen LogP contribution in [0.25, 0.3) is 0 Å². The van der Waals surface area contributed by atoms with E-state index < -0.39 is 0 Å². The number of carbonyl (C=O) groups is 1. The maximum absolute atomic E-state index is 11.9. The highest BCUT2D eigenvalue weighted by molar-refractivity contribution is 9.10. The quantitative estimate of drug-likeness (QED) is 0.876. The van der Waals surface area contributed by atoms with Gasteiger partial charge in [0.15, 0.2) is 0 Å². The van der Waals surface area contributed by atoms with Gasteiger partial charge in [0, 0.05) is 23.6 Å². The second kappa shape index (κ2) is 7.54. The van der Waals surface area contributed by atoms with Gasteiger partial charge in [0.05, 0.1) is 6.54 Å². The van der Waals surface area contributed by atoms with E-state index >= 15 is 0 Å². The summed E-state index contributed by atoms with van der Waals surface area (Å²) in [6.07, 6.45) is 0. The Balaban J connectivity index is 2.48. The third kappa shape index (κ3) is 4.42. The van der Waals surface area contributed by atoms with Crippen molar-refractivity contribution in [1.82, 2.24) is 10.2 Å². The lowest BCUT2D eigenvalue weighted by atomic mass is 10.1. The number of nitrogens with one attached hydrogen (secondary N) is 1. The highest BCUT2D eigenvalue weighted by Gasteiger charge is 2.11. The van der Waals surface area contributed by atoms with Gasteiger partial charge in [0.1, 0.15) is 0 Å². The number of amides is 1. The molecule has 3 nitrogen and oxygen atoms in total. The molecule has 0 aromatic heterocycles. The molecule has 0 aliphatic rings. The summed E-state index contributed by atoms with van der Waals surface area (Å²) in [6, 6.07) is 8.32. The van der Waals surface area contributed by atoms with Crippen molar-refractivity contribution < 1.29 is 4.79 Å². The lowest BCUT2D eigenvalue weighted by molar-refractivity contribution is -0.129. The van der Waals surface area contributed by atoms with Gasteiger partial charge in [-0.05, 0) is 38.5 Å². The lowest BCUT2D eigenvalue weighted by Gasteiger charge is -2.21. The smallest absolute Gasteiger partial charge is 0.236 e. The molecular formula is C14H21BrN2O. The summed E-state index contributed by atoms with van der Waals surface area (Å²) in [5.74, 6) is 0.156. The Morgan fingerprint density at radius 3 is 2.33 bits per heavy atom. The van der Waals surface area contributed by atoms with Crippen LogP contribution in [-0.4, -0.2) is 30.4 Å². The molecule has 0 saturated heterocycles. The molecule has 18 heavy (non-hydrogen) atoms. The minimum atomic E-state index is 0.156. The van der Waals surface area contributed by atoms with Gasteiger partial charge in [-0.1, -0.05) is 28.1 Å². The van der Waals surface area contributed by atoms with Crippen LogP contribution in [0.2, 0.25) is 0 Å². The first kappa shape index (κ1) is 15.2. The van der Waals surface area contributed by atoms with Crippen LogP contribution in [0.15, 0.2) is 28.7 Å². The molecule has 0 aliphatic heterocycles. The first-order valence-electron chi connectivity index (χ1n) is 6.35. The summed E-state index contributed by atoms with van der Waals surface area (Å²) in [5, 5.41) is 3.26. The van der Waals surface area contributed by atoms with Gasteiger partial charge < -0.3 is 10.2 Å². The number of hydrogen-bond donors (Lipinski definition) is 1. The number of rotatable bonds is 6. The van der Waals surface area contributed by atoms with Crippen molar-refractivity contribution in [2.24, 2.45) is 0 Å². The Labute approximate surface area is 118 Å². The molecule has 0 bridgehead atoms. The van der Waals surface area contributed by atoms with Gasteiger partial charge in [0.2, 0.25) is 5.91 Å². The van der Waals surface area contributed by atoms with Crippen LogP contribution in [0.4, 0.5) is 0 Å². The Morgan fingerprint density at radius 1 is 1.28 bits per heavy atom. The average molecular weight is 313 g/mol. The molecule has 0 radical (unpaired) electrons. The SMILES string of the molecule is CCN(CC)C(=O)CN[C@H](C)c1ccc(Br)cc1. The Kier molecular flexibility index (Phi) is 6.36. The fourth-order valence-electron chi connectivity index (χ4n) is 1.80. The van der Waals surface area contributed by atoms with E-state index in [2.05, 4.69) is 40.3 Å². The second-order valence-corrected chi connectivity index (χ2v) is 5.14. The zero-order valence-corrected chi connectivity index (χ0v) is 12.8. The summed E-state index contributed by atoms with van der Waals surface area (Å²) < 4.78 is 1.07. The number of hydrogen-bond acceptors (Lipinski definition) is 2. The largest absolute Gasteiger partial charge is 0.342 e. The van der Waals surface area contributed by atoms with Crippen molar-refractivity contribution in [1.29, 1.82) is 0 Å². The maximum Gasteiger partial charge on any atom is 0.236 e. The molecule has 0 unspecified atom stereocenters. The molecular weight excluding hydrogens is 292 g/mol. The highest BCUT2D eigenvalue weighted by atomic mass is 79.9. The van der Waals surface area contributed by atoms with Gasteiger partial charge in [-0.3, -0.25) is 4.79 Å². The lowest BCUT2D eigenvalue weighted by Crippen LogP contribution is -2.38. The van der Waals surface area contributed by atoms with E-state index in [1.54, 1.807) is 0 Å². The van der Waals surface area contributed by atoms with Crippen LogP contribution in [-0.2, 0) is 4.79 Å². The monoisotopic (exact) mass is 312 g/mol. The van der Waals surface area contributed by atoms with Gasteiger partial charge in [0.25, 0.3) is 0 Å². The molecule has 1 aromatic carbocycles. The van der Waals surface area contributed by atoms with Crippen molar-refractivity contribution >= 4 is 21.8 Å². The third-order valence-corrected chi connectivity index (χ3v) is 3.57.